The van der Waals surface area contributed by atoms with Crippen molar-refractivity contribution in [1.82, 2.24) is 0 Å². The van der Waals surface area contributed by atoms with Crippen molar-refractivity contribution in [3.63, 3.8) is 0 Å². The van der Waals surface area contributed by atoms with Crippen LogP contribution in [0.15, 0.2) is 11.6 Å². The zero-order valence-corrected chi connectivity index (χ0v) is 16.9. The Bertz CT molecular complexity index is 707. The first-order chi connectivity index (χ1) is 12.8. The molecule has 3 saturated carbocycles. The molecule has 3 fully saturated rings. The predicted octanol–water partition coefficient (Wildman–Crippen LogP) is 4.27. The summed E-state index contributed by atoms with van der Waals surface area (Å²) < 4.78 is 5.02. The van der Waals surface area contributed by atoms with Crippen molar-refractivity contribution >= 4 is 17.5 Å². The SMILES string of the molecule is CC(=O)OCC(=O)C1CCC2C3CCC4=CC(=O)CC[C@]4(C)C3CC[C@]12C. The third-order valence-corrected chi connectivity index (χ3v) is 8.77. The van der Waals surface area contributed by atoms with Crippen LogP contribution in [0.25, 0.3) is 0 Å². The highest BCUT2D eigenvalue weighted by molar-refractivity contribution is 5.91. The number of esters is 1. The van der Waals surface area contributed by atoms with Gasteiger partial charge in [0.1, 0.15) is 6.61 Å². The van der Waals surface area contributed by atoms with Crippen molar-refractivity contribution in [2.75, 3.05) is 6.61 Å². The molecule has 0 amide bonds. The lowest BCUT2D eigenvalue weighted by atomic mass is 9.46. The van der Waals surface area contributed by atoms with Gasteiger partial charge in [-0.25, -0.2) is 0 Å². The molecule has 0 radical (unpaired) electrons. The zero-order chi connectivity index (χ0) is 19.4. The fourth-order valence-electron chi connectivity index (χ4n) is 7.36. The van der Waals surface area contributed by atoms with Gasteiger partial charge in [0.05, 0.1) is 0 Å². The number of ketones is 2. The summed E-state index contributed by atoms with van der Waals surface area (Å²) >= 11 is 0. The maximum atomic E-state index is 12.8. The van der Waals surface area contributed by atoms with Crippen molar-refractivity contribution in [2.45, 2.75) is 72.1 Å². The van der Waals surface area contributed by atoms with Crippen LogP contribution in [0.2, 0.25) is 0 Å². The van der Waals surface area contributed by atoms with Crippen LogP contribution in [0.4, 0.5) is 0 Å². The molecule has 4 aliphatic rings. The molecule has 6 atom stereocenters. The van der Waals surface area contributed by atoms with Crippen molar-refractivity contribution in [1.29, 1.82) is 0 Å². The van der Waals surface area contributed by atoms with Crippen molar-refractivity contribution < 1.29 is 19.1 Å². The number of rotatable bonds is 3. The van der Waals surface area contributed by atoms with Crippen LogP contribution in [0.5, 0.6) is 0 Å². The maximum Gasteiger partial charge on any atom is 0.303 e. The summed E-state index contributed by atoms with van der Waals surface area (Å²) in [7, 11) is 0. The second kappa shape index (κ2) is 6.56. The predicted molar refractivity (Wildman–Crippen MR) is 102 cm³/mol. The van der Waals surface area contributed by atoms with Gasteiger partial charge in [-0.05, 0) is 79.6 Å². The minimum atomic E-state index is -0.377. The Labute approximate surface area is 162 Å². The molecule has 0 aliphatic heterocycles. The van der Waals surface area contributed by atoms with Crippen LogP contribution >= 0.6 is 0 Å². The smallest absolute Gasteiger partial charge is 0.303 e. The highest BCUT2D eigenvalue weighted by Crippen LogP contribution is 2.66. The van der Waals surface area contributed by atoms with Crippen LogP contribution in [0, 0.1) is 34.5 Å². The van der Waals surface area contributed by atoms with E-state index >= 15 is 0 Å². The fraction of sp³-hybridized carbons (Fsp3) is 0.783. The van der Waals surface area contributed by atoms with Gasteiger partial charge < -0.3 is 4.74 Å². The molecule has 0 saturated heterocycles. The van der Waals surface area contributed by atoms with E-state index < -0.39 is 0 Å². The summed E-state index contributed by atoms with van der Waals surface area (Å²) in [6.07, 6.45) is 10.1. The number of carbonyl (C=O) groups excluding carboxylic acids is 3. The summed E-state index contributed by atoms with van der Waals surface area (Å²) in [4.78, 5) is 35.8. The Balaban J connectivity index is 1.56. The van der Waals surface area contributed by atoms with E-state index in [1.54, 1.807) is 0 Å². The van der Waals surface area contributed by atoms with E-state index in [9.17, 15) is 14.4 Å². The summed E-state index contributed by atoms with van der Waals surface area (Å²) in [5, 5.41) is 0. The topological polar surface area (TPSA) is 60.4 Å². The first-order valence-corrected chi connectivity index (χ1v) is 10.7. The average molecular weight is 373 g/mol. The summed E-state index contributed by atoms with van der Waals surface area (Å²) in [5.41, 5.74) is 1.61. The fourth-order valence-corrected chi connectivity index (χ4v) is 7.36. The van der Waals surface area contributed by atoms with E-state index in [0.29, 0.717) is 30.0 Å². The van der Waals surface area contributed by atoms with Gasteiger partial charge in [0, 0.05) is 19.3 Å². The van der Waals surface area contributed by atoms with E-state index in [2.05, 4.69) is 13.8 Å². The molecule has 148 valence electrons. The van der Waals surface area contributed by atoms with Gasteiger partial charge in [0.25, 0.3) is 0 Å². The largest absolute Gasteiger partial charge is 0.458 e. The van der Waals surface area contributed by atoms with Crippen LogP contribution < -0.4 is 0 Å². The molecule has 27 heavy (non-hydrogen) atoms. The lowest BCUT2D eigenvalue weighted by molar-refractivity contribution is -0.149. The van der Waals surface area contributed by atoms with E-state index in [4.69, 9.17) is 4.74 Å². The first kappa shape index (κ1) is 18.9. The number of hydrogen-bond acceptors (Lipinski definition) is 4. The average Bonchev–Trinajstić information content (AvgIpc) is 2.97. The zero-order valence-electron chi connectivity index (χ0n) is 16.9. The number of fused-ring (bicyclic) bond motifs is 5. The second-order valence-electron chi connectivity index (χ2n) is 9.89. The van der Waals surface area contributed by atoms with Crippen molar-refractivity contribution in [3.8, 4) is 0 Å². The monoisotopic (exact) mass is 372 g/mol. The molecule has 0 aromatic heterocycles. The molecule has 4 unspecified atom stereocenters. The maximum absolute atomic E-state index is 12.8. The highest BCUT2D eigenvalue weighted by atomic mass is 16.5. The molecular formula is C23H32O4. The van der Waals surface area contributed by atoms with Gasteiger partial charge in [-0.15, -0.1) is 0 Å². The molecule has 4 rings (SSSR count). The van der Waals surface area contributed by atoms with Crippen molar-refractivity contribution in [2.24, 2.45) is 34.5 Å². The molecular weight excluding hydrogens is 340 g/mol. The third kappa shape index (κ3) is 2.91. The number of allylic oxidation sites excluding steroid dienone is 1. The van der Waals surface area contributed by atoms with Gasteiger partial charge in [-0.3, -0.25) is 14.4 Å². The Morgan fingerprint density at radius 2 is 1.85 bits per heavy atom. The van der Waals surface area contributed by atoms with Gasteiger partial charge >= 0.3 is 5.97 Å². The Morgan fingerprint density at radius 3 is 2.59 bits per heavy atom. The molecule has 0 aromatic carbocycles. The Hall–Kier alpha value is -1.45. The van der Waals surface area contributed by atoms with Gasteiger partial charge in [-0.2, -0.15) is 0 Å². The second-order valence-corrected chi connectivity index (χ2v) is 9.89. The molecule has 4 nitrogen and oxygen atoms in total. The molecule has 4 aliphatic carbocycles. The molecule has 0 heterocycles. The number of ether oxygens (including phenoxy) is 1. The summed E-state index contributed by atoms with van der Waals surface area (Å²) in [5.74, 6) is 1.95. The minimum absolute atomic E-state index is 0.0282. The van der Waals surface area contributed by atoms with Gasteiger partial charge in [-0.1, -0.05) is 19.4 Å². The van der Waals surface area contributed by atoms with E-state index in [1.807, 2.05) is 6.08 Å². The van der Waals surface area contributed by atoms with E-state index in [1.165, 1.54) is 12.5 Å². The quantitative estimate of drug-likeness (QED) is 0.694. The Kier molecular flexibility index (Phi) is 4.59. The molecule has 0 spiro atoms. The minimum Gasteiger partial charge on any atom is -0.458 e. The standard InChI is InChI=1S/C23H32O4/c1-14(24)27-13-21(26)20-7-6-18-17-5-4-15-12-16(25)8-10-22(15,2)19(17)9-11-23(18,20)3/h12,17-20H,4-11,13H2,1-3H3/t17?,18?,19?,20?,22-,23-/m0/s1. The van der Waals surface area contributed by atoms with Crippen LogP contribution in [0.3, 0.4) is 0 Å². The molecule has 0 aromatic rings. The summed E-state index contributed by atoms with van der Waals surface area (Å²) in [6, 6.07) is 0. The van der Waals surface area contributed by atoms with Crippen molar-refractivity contribution in [3.05, 3.63) is 11.6 Å². The normalized spacial score (nSPS) is 43.2. The molecule has 0 N–H and O–H groups in total. The number of hydrogen-bond donors (Lipinski definition) is 0. The molecule has 4 heteroatoms. The van der Waals surface area contributed by atoms with Gasteiger partial charge in [0.15, 0.2) is 11.6 Å². The third-order valence-electron chi connectivity index (χ3n) is 8.77. The van der Waals surface area contributed by atoms with E-state index in [0.717, 1.165) is 44.9 Å². The van der Waals surface area contributed by atoms with E-state index in [-0.39, 0.29) is 35.1 Å². The summed E-state index contributed by atoms with van der Waals surface area (Å²) in [6.45, 7) is 6.00. The van der Waals surface area contributed by atoms with Crippen LogP contribution in [-0.2, 0) is 19.1 Å². The van der Waals surface area contributed by atoms with Crippen LogP contribution in [0.1, 0.15) is 72.1 Å². The highest BCUT2D eigenvalue weighted by Gasteiger charge is 2.60. The lowest BCUT2D eigenvalue weighted by Gasteiger charge is -2.58. The van der Waals surface area contributed by atoms with Crippen LogP contribution in [-0.4, -0.2) is 24.1 Å². The molecule has 0 bridgehead atoms. The number of Topliss-reactive ketones (excluding diaryl/α,β-unsaturated/α-hetero) is 1. The van der Waals surface area contributed by atoms with Gasteiger partial charge in [0.2, 0.25) is 0 Å². The Morgan fingerprint density at radius 1 is 1.07 bits per heavy atom. The lowest BCUT2D eigenvalue weighted by Crippen LogP contribution is -2.51. The number of carbonyl (C=O) groups is 3. The first-order valence-electron chi connectivity index (χ1n) is 10.7.